The first-order chi connectivity index (χ1) is 9.62. The Bertz CT molecular complexity index is 614. The zero-order valence-electron chi connectivity index (χ0n) is 10.9. The van der Waals surface area contributed by atoms with Crippen LogP contribution in [0.25, 0.3) is 0 Å². The molecule has 1 fully saturated rings. The number of hydrogen-bond donors (Lipinski definition) is 2. The lowest BCUT2D eigenvalue weighted by atomic mass is 10.2. The van der Waals surface area contributed by atoms with E-state index in [1.807, 2.05) is 11.8 Å². The summed E-state index contributed by atoms with van der Waals surface area (Å²) in [6, 6.07) is 1.46. The molecule has 2 rings (SSSR count). The van der Waals surface area contributed by atoms with Gasteiger partial charge in [-0.05, 0) is 30.4 Å². The molecule has 2 N–H and O–H groups in total. The molecule has 1 aromatic heterocycles. The Labute approximate surface area is 123 Å². The van der Waals surface area contributed by atoms with Crippen LogP contribution < -0.4 is 4.72 Å². The van der Waals surface area contributed by atoms with Gasteiger partial charge in [-0.3, -0.25) is 4.98 Å². The summed E-state index contributed by atoms with van der Waals surface area (Å²) in [6.07, 6.45) is 4.48. The molecule has 1 aliphatic rings. The van der Waals surface area contributed by atoms with Crippen LogP contribution in [0, 0.1) is 11.8 Å². The Morgan fingerprint density at radius 3 is 2.85 bits per heavy atom. The lowest BCUT2D eigenvalue weighted by Gasteiger charge is -2.22. The van der Waals surface area contributed by atoms with E-state index in [-0.39, 0.29) is 17.5 Å². The van der Waals surface area contributed by atoms with Crippen LogP contribution in [-0.4, -0.2) is 42.7 Å². The minimum Gasteiger partial charge on any atom is -0.384 e. The number of nitrogens with zero attached hydrogens (tertiary/aromatic N) is 1. The highest BCUT2D eigenvalue weighted by atomic mass is 32.2. The van der Waals surface area contributed by atoms with Crippen molar-refractivity contribution in [1.82, 2.24) is 9.71 Å². The SMILES string of the molecule is O=S(=O)(NC1CCSCC1)c1cncc(C#CCO)c1. The van der Waals surface area contributed by atoms with Gasteiger partial charge in [0.05, 0.1) is 0 Å². The molecule has 0 amide bonds. The van der Waals surface area contributed by atoms with E-state index in [0.29, 0.717) is 5.56 Å². The maximum absolute atomic E-state index is 12.3. The number of hydrogen-bond acceptors (Lipinski definition) is 5. The van der Waals surface area contributed by atoms with Gasteiger partial charge in [-0.2, -0.15) is 11.8 Å². The summed E-state index contributed by atoms with van der Waals surface area (Å²) in [5.41, 5.74) is 0.473. The van der Waals surface area contributed by atoms with Crippen LogP contribution in [0.3, 0.4) is 0 Å². The predicted octanol–water partition coefficient (Wildman–Crippen LogP) is 0.599. The predicted molar refractivity (Wildman–Crippen MR) is 78.9 cm³/mol. The van der Waals surface area contributed by atoms with E-state index in [9.17, 15) is 8.42 Å². The maximum atomic E-state index is 12.3. The summed E-state index contributed by atoms with van der Waals surface area (Å²) >= 11 is 1.84. The number of aliphatic hydroxyl groups is 1. The van der Waals surface area contributed by atoms with Crippen molar-refractivity contribution in [2.75, 3.05) is 18.1 Å². The molecule has 108 valence electrons. The van der Waals surface area contributed by atoms with Gasteiger partial charge in [0, 0.05) is 24.0 Å². The van der Waals surface area contributed by atoms with Crippen LogP contribution in [0.5, 0.6) is 0 Å². The van der Waals surface area contributed by atoms with Gasteiger partial charge in [0.2, 0.25) is 10.0 Å². The minimum atomic E-state index is -3.56. The lowest BCUT2D eigenvalue weighted by Crippen LogP contribution is -2.37. The Morgan fingerprint density at radius 1 is 1.40 bits per heavy atom. The van der Waals surface area contributed by atoms with Crippen molar-refractivity contribution in [2.45, 2.75) is 23.8 Å². The van der Waals surface area contributed by atoms with Crippen molar-refractivity contribution in [1.29, 1.82) is 0 Å². The number of aliphatic hydroxyl groups excluding tert-OH is 1. The average molecular weight is 312 g/mol. The second-order valence-electron chi connectivity index (χ2n) is 4.38. The van der Waals surface area contributed by atoms with Gasteiger partial charge in [-0.1, -0.05) is 11.8 Å². The summed E-state index contributed by atoms with van der Waals surface area (Å²) in [5.74, 6) is 7.08. The zero-order valence-corrected chi connectivity index (χ0v) is 12.5. The molecule has 7 heteroatoms. The molecule has 1 aromatic rings. The van der Waals surface area contributed by atoms with Gasteiger partial charge in [-0.15, -0.1) is 0 Å². The first-order valence-electron chi connectivity index (χ1n) is 6.26. The molecule has 0 radical (unpaired) electrons. The standard InChI is InChI=1S/C13H16N2O3S2/c16-5-1-2-11-8-13(10-14-9-11)20(17,18)15-12-3-6-19-7-4-12/h8-10,12,15-16H,3-7H2. The molecule has 5 nitrogen and oxygen atoms in total. The number of pyridine rings is 1. The summed E-state index contributed by atoms with van der Waals surface area (Å²) < 4.78 is 27.3. The normalized spacial score (nSPS) is 16.4. The van der Waals surface area contributed by atoms with Crippen LogP contribution in [0.15, 0.2) is 23.4 Å². The van der Waals surface area contributed by atoms with Gasteiger partial charge >= 0.3 is 0 Å². The smallest absolute Gasteiger partial charge is 0.242 e. The highest BCUT2D eigenvalue weighted by Gasteiger charge is 2.22. The van der Waals surface area contributed by atoms with Crippen LogP contribution in [0.4, 0.5) is 0 Å². The summed E-state index contributed by atoms with van der Waals surface area (Å²) in [6.45, 7) is -0.269. The van der Waals surface area contributed by atoms with Crippen LogP contribution in [-0.2, 0) is 10.0 Å². The van der Waals surface area contributed by atoms with Gasteiger partial charge in [-0.25, -0.2) is 13.1 Å². The van der Waals surface area contributed by atoms with Crippen molar-refractivity contribution in [3.63, 3.8) is 0 Å². The average Bonchev–Trinajstić information content (AvgIpc) is 2.46. The minimum absolute atomic E-state index is 0.00608. The molecule has 0 bridgehead atoms. The number of rotatable bonds is 3. The van der Waals surface area contributed by atoms with Crippen LogP contribution >= 0.6 is 11.8 Å². The molecule has 20 heavy (non-hydrogen) atoms. The van der Waals surface area contributed by atoms with Crippen molar-refractivity contribution >= 4 is 21.8 Å². The number of thioether (sulfide) groups is 1. The van der Waals surface area contributed by atoms with Gasteiger partial charge < -0.3 is 5.11 Å². The third kappa shape index (κ3) is 4.21. The van der Waals surface area contributed by atoms with Crippen LogP contribution in [0.2, 0.25) is 0 Å². The third-order valence-electron chi connectivity index (χ3n) is 2.88. The van der Waals surface area contributed by atoms with Gasteiger partial charge in [0.15, 0.2) is 0 Å². The van der Waals surface area contributed by atoms with E-state index in [2.05, 4.69) is 21.5 Å². The summed E-state index contributed by atoms with van der Waals surface area (Å²) in [5, 5.41) is 8.65. The quantitative estimate of drug-likeness (QED) is 0.799. The molecule has 0 unspecified atom stereocenters. The van der Waals surface area contributed by atoms with E-state index in [0.717, 1.165) is 24.3 Å². The highest BCUT2D eigenvalue weighted by molar-refractivity contribution is 7.99. The van der Waals surface area contributed by atoms with Gasteiger partial charge in [0.25, 0.3) is 0 Å². The van der Waals surface area contributed by atoms with Crippen LogP contribution in [0.1, 0.15) is 18.4 Å². The van der Waals surface area contributed by atoms with E-state index in [1.54, 1.807) is 0 Å². The second kappa shape index (κ2) is 7.09. The lowest BCUT2D eigenvalue weighted by molar-refractivity contribution is 0.350. The van der Waals surface area contributed by atoms with E-state index >= 15 is 0 Å². The maximum Gasteiger partial charge on any atom is 0.242 e. The Kier molecular flexibility index (Phi) is 5.43. The zero-order chi connectivity index (χ0) is 14.4. The van der Waals surface area contributed by atoms with Crippen molar-refractivity contribution in [3.8, 4) is 11.8 Å². The fourth-order valence-electron chi connectivity index (χ4n) is 1.88. The monoisotopic (exact) mass is 312 g/mol. The summed E-state index contributed by atoms with van der Waals surface area (Å²) in [4.78, 5) is 4.00. The molecule has 0 spiro atoms. The fourth-order valence-corrected chi connectivity index (χ4v) is 4.28. The first kappa shape index (κ1) is 15.3. The largest absolute Gasteiger partial charge is 0.384 e. The van der Waals surface area contributed by atoms with Gasteiger partial charge in [0.1, 0.15) is 11.5 Å². The number of nitrogens with one attached hydrogen (secondary N) is 1. The molecule has 0 aromatic carbocycles. The second-order valence-corrected chi connectivity index (χ2v) is 7.32. The molecule has 0 atom stereocenters. The van der Waals surface area contributed by atoms with E-state index in [1.165, 1.54) is 18.5 Å². The highest BCUT2D eigenvalue weighted by Crippen LogP contribution is 2.19. The molecular formula is C13H16N2O3S2. The molecule has 2 heterocycles. The molecule has 0 saturated carbocycles. The molecule has 1 aliphatic heterocycles. The number of aromatic nitrogens is 1. The third-order valence-corrected chi connectivity index (χ3v) is 5.41. The molecule has 0 aliphatic carbocycles. The summed E-state index contributed by atoms with van der Waals surface area (Å²) in [7, 11) is -3.56. The van der Waals surface area contributed by atoms with Crippen molar-refractivity contribution in [3.05, 3.63) is 24.0 Å². The molecular weight excluding hydrogens is 296 g/mol. The Balaban J connectivity index is 2.16. The van der Waals surface area contributed by atoms with Crippen molar-refractivity contribution < 1.29 is 13.5 Å². The van der Waals surface area contributed by atoms with E-state index in [4.69, 9.17) is 5.11 Å². The first-order valence-corrected chi connectivity index (χ1v) is 8.90. The Hall–Kier alpha value is -1.07. The van der Waals surface area contributed by atoms with E-state index < -0.39 is 10.0 Å². The number of sulfonamides is 1. The topological polar surface area (TPSA) is 79.3 Å². The van der Waals surface area contributed by atoms with Crippen molar-refractivity contribution in [2.24, 2.45) is 0 Å². The molecule has 1 saturated heterocycles. The fraction of sp³-hybridized carbons (Fsp3) is 0.462. The Morgan fingerprint density at radius 2 is 2.15 bits per heavy atom.